The summed E-state index contributed by atoms with van der Waals surface area (Å²) in [6.45, 7) is 0.349. The average molecular weight is 288 g/mol. The van der Waals surface area contributed by atoms with Crippen LogP contribution in [0.2, 0.25) is 0 Å². The predicted octanol–water partition coefficient (Wildman–Crippen LogP) is 1.94. The van der Waals surface area contributed by atoms with Crippen LogP contribution in [0.1, 0.15) is 6.42 Å². The number of rotatable bonds is 5. The molecule has 0 unspecified atom stereocenters. The second kappa shape index (κ2) is 6.18. The van der Waals surface area contributed by atoms with E-state index in [2.05, 4.69) is 0 Å². The number of aryl methyl sites for hydroxylation is 1. The Labute approximate surface area is 122 Å². The van der Waals surface area contributed by atoms with Crippen molar-refractivity contribution >= 4 is 10.8 Å². The van der Waals surface area contributed by atoms with Gasteiger partial charge in [-0.3, -0.25) is 4.79 Å². The summed E-state index contributed by atoms with van der Waals surface area (Å²) in [6.07, 6.45) is 1.92. The highest BCUT2D eigenvalue weighted by atomic mass is 16.5. The van der Waals surface area contributed by atoms with Crippen LogP contribution in [0, 0.1) is 11.3 Å². The Balaban J connectivity index is 2.77. The number of benzene rings is 1. The maximum Gasteiger partial charge on any atom is 0.258 e. The van der Waals surface area contributed by atoms with Gasteiger partial charge in [0.15, 0.2) is 11.5 Å². The van der Waals surface area contributed by atoms with Gasteiger partial charge in [-0.1, -0.05) is 0 Å². The lowest BCUT2D eigenvalue weighted by molar-refractivity contribution is 0.327. The molecule has 2 rings (SSSR count). The van der Waals surface area contributed by atoms with Crippen LogP contribution in [0.5, 0.6) is 17.2 Å². The number of hydrogen-bond acceptors (Lipinski definition) is 5. The summed E-state index contributed by atoms with van der Waals surface area (Å²) < 4.78 is 17.4. The highest BCUT2D eigenvalue weighted by molar-refractivity contribution is 5.92. The Morgan fingerprint density at radius 3 is 2.43 bits per heavy atom. The number of ether oxygens (including phenoxy) is 3. The molecule has 0 radical (unpaired) electrons. The maximum atomic E-state index is 12.5. The Morgan fingerprint density at radius 2 is 1.86 bits per heavy atom. The first kappa shape index (κ1) is 14.7. The first-order valence-corrected chi connectivity index (χ1v) is 6.37. The van der Waals surface area contributed by atoms with Crippen molar-refractivity contribution in [1.29, 1.82) is 5.26 Å². The second-order valence-electron chi connectivity index (χ2n) is 4.33. The fourth-order valence-corrected chi connectivity index (χ4v) is 2.25. The van der Waals surface area contributed by atoms with Gasteiger partial charge in [-0.15, -0.1) is 0 Å². The van der Waals surface area contributed by atoms with Crippen molar-refractivity contribution in [1.82, 2.24) is 4.57 Å². The Bertz CT molecular complexity index is 759. The molecule has 0 N–H and O–H groups in total. The van der Waals surface area contributed by atoms with Crippen LogP contribution in [0.4, 0.5) is 0 Å². The average Bonchev–Trinajstić information content (AvgIpc) is 2.52. The van der Waals surface area contributed by atoms with Crippen molar-refractivity contribution in [2.24, 2.45) is 0 Å². The van der Waals surface area contributed by atoms with E-state index < -0.39 is 0 Å². The molecule has 1 aromatic heterocycles. The number of nitrogens with zero attached hydrogens (tertiary/aromatic N) is 2. The van der Waals surface area contributed by atoms with E-state index in [1.54, 1.807) is 18.3 Å². The molecule has 2 aromatic rings. The Hall–Kier alpha value is -2.68. The van der Waals surface area contributed by atoms with Gasteiger partial charge in [0.2, 0.25) is 5.75 Å². The molecule has 0 aliphatic carbocycles. The van der Waals surface area contributed by atoms with E-state index in [0.717, 1.165) is 0 Å². The number of hydrogen-bond donors (Lipinski definition) is 0. The molecule has 0 bridgehead atoms. The lowest BCUT2D eigenvalue weighted by atomic mass is 10.1. The molecule has 21 heavy (non-hydrogen) atoms. The van der Waals surface area contributed by atoms with Crippen molar-refractivity contribution in [3.05, 3.63) is 28.7 Å². The van der Waals surface area contributed by atoms with Gasteiger partial charge in [-0.05, 0) is 12.1 Å². The third kappa shape index (κ3) is 2.50. The first-order valence-electron chi connectivity index (χ1n) is 6.37. The van der Waals surface area contributed by atoms with E-state index >= 15 is 0 Å². The zero-order valence-electron chi connectivity index (χ0n) is 12.2. The summed E-state index contributed by atoms with van der Waals surface area (Å²) in [5, 5.41) is 9.75. The summed E-state index contributed by atoms with van der Waals surface area (Å²) in [5.41, 5.74) is -0.193. The Kier molecular flexibility index (Phi) is 4.33. The normalized spacial score (nSPS) is 10.2. The smallest absolute Gasteiger partial charge is 0.258 e. The van der Waals surface area contributed by atoms with Crippen molar-refractivity contribution in [3.63, 3.8) is 0 Å². The lowest BCUT2D eigenvalue weighted by Crippen LogP contribution is -2.19. The molecule has 0 aliphatic heterocycles. The van der Waals surface area contributed by atoms with Gasteiger partial charge in [0.05, 0.1) is 39.2 Å². The van der Waals surface area contributed by atoms with E-state index in [-0.39, 0.29) is 12.0 Å². The number of nitriles is 1. The third-order valence-electron chi connectivity index (χ3n) is 3.25. The van der Waals surface area contributed by atoms with Crippen LogP contribution in [0.3, 0.4) is 0 Å². The summed E-state index contributed by atoms with van der Waals surface area (Å²) >= 11 is 0. The molecular formula is C15H16N2O4. The van der Waals surface area contributed by atoms with E-state index in [9.17, 15) is 4.79 Å². The molecule has 1 heterocycles. The maximum absolute atomic E-state index is 12.5. The molecule has 0 spiro atoms. The van der Waals surface area contributed by atoms with E-state index in [0.29, 0.717) is 34.6 Å². The van der Waals surface area contributed by atoms with Crippen LogP contribution in [0.15, 0.2) is 23.1 Å². The molecule has 0 aliphatic rings. The quantitative estimate of drug-likeness (QED) is 0.840. The minimum Gasteiger partial charge on any atom is -0.493 e. The summed E-state index contributed by atoms with van der Waals surface area (Å²) in [7, 11) is 4.53. The molecule has 0 saturated carbocycles. The molecule has 0 atom stereocenters. The van der Waals surface area contributed by atoms with Gasteiger partial charge in [-0.2, -0.15) is 5.26 Å². The van der Waals surface area contributed by atoms with Gasteiger partial charge < -0.3 is 18.8 Å². The zero-order chi connectivity index (χ0) is 15.4. The van der Waals surface area contributed by atoms with Crippen molar-refractivity contribution in [3.8, 4) is 23.3 Å². The summed E-state index contributed by atoms with van der Waals surface area (Å²) in [6, 6.07) is 5.43. The van der Waals surface area contributed by atoms with Gasteiger partial charge in [0.1, 0.15) is 0 Å². The molecule has 6 heteroatoms. The number of aromatic nitrogens is 1. The third-order valence-corrected chi connectivity index (χ3v) is 3.25. The molecule has 6 nitrogen and oxygen atoms in total. The Morgan fingerprint density at radius 1 is 1.14 bits per heavy atom. The van der Waals surface area contributed by atoms with Crippen LogP contribution >= 0.6 is 0 Å². The SMILES string of the molecule is COc1cc2c(=O)n(CCC#N)ccc2c(OC)c1OC. The summed E-state index contributed by atoms with van der Waals surface area (Å²) in [5.74, 6) is 1.33. The molecule has 0 fully saturated rings. The second-order valence-corrected chi connectivity index (χ2v) is 4.33. The van der Waals surface area contributed by atoms with E-state index in [4.69, 9.17) is 19.5 Å². The van der Waals surface area contributed by atoms with Crippen LogP contribution in [-0.4, -0.2) is 25.9 Å². The van der Waals surface area contributed by atoms with Crippen molar-refractivity contribution < 1.29 is 14.2 Å². The topological polar surface area (TPSA) is 73.5 Å². The van der Waals surface area contributed by atoms with Crippen molar-refractivity contribution in [2.45, 2.75) is 13.0 Å². The molecule has 110 valence electrons. The molecular weight excluding hydrogens is 272 g/mol. The number of pyridine rings is 1. The minimum absolute atomic E-state index is 0.193. The fraction of sp³-hybridized carbons (Fsp3) is 0.333. The van der Waals surface area contributed by atoms with Gasteiger partial charge >= 0.3 is 0 Å². The molecule has 0 saturated heterocycles. The predicted molar refractivity (Wildman–Crippen MR) is 78.1 cm³/mol. The van der Waals surface area contributed by atoms with Gasteiger partial charge in [0.25, 0.3) is 5.56 Å². The standard InChI is InChI=1S/C15H16N2O4/c1-19-12-9-11-10(13(20-2)14(12)21-3)5-8-17(15(11)18)7-4-6-16/h5,8-9H,4,7H2,1-3H3. The monoisotopic (exact) mass is 288 g/mol. The minimum atomic E-state index is -0.193. The number of fused-ring (bicyclic) bond motifs is 1. The fourth-order valence-electron chi connectivity index (χ4n) is 2.25. The molecule has 1 aromatic carbocycles. The van der Waals surface area contributed by atoms with Crippen LogP contribution in [-0.2, 0) is 6.54 Å². The van der Waals surface area contributed by atoms with Gasteiger partial charge in [0, 0.05) is 18.1 Å². The highest BCUT2D eigenvalue weighted by Crippen LogP contribution is 2.42. The number of methoxy groups -OCH3 is 3. The van der Waals surface area contributed by atoms with Gasteiger partial charge in [-0.25, -0.2) is 0 Å². The first-order chi connectivity index (χ1) is 10.2. The van der Waals surface area contributed by atoms with Crippen LogP contribution in [0.25, 0.3) is 10.8 Å². The zero-order valence-corrected chi connectivity index (χ0v) is 12.2. The molecule has 0 amide bonds. The van der Waals surface area contributed by atoms with E-state index in [1.807, 2.05) is 6.07 Å². The van der Waals surface area contributed by atoms with Crippen molar-refractivity contribution in [2.75, 3.05) is 21.3 Å². The lowest BCUT2D eigenvalue weighted by Gasteiger charge is -2.15. The highest BCUT2D eigenvalue weighted by Gasteiger charge is 2.18. The largest absolute Gasteiger partial charge is 0.493 e. The summed E-state index contributed by atoms with van der Waals surface area (Å²) in [4.78, 5) is 12.5. The van der Waals surface area contributed by atoms with Crippen LogP contribution < -0.4 is 19.8 Å². The van der Waals surface area contributed by atoms with E-state index in [1.165, 1.54) is 25.9 Å².